The van der Waals surface area contributed by atoms with Crippen molar-refractivity contribution in [1.82, 2.24) is 99.0 Å². The number of ether oxygens (including phenoxy) is 4. The third-order valence-electron chi connectivity index (χ3n) is 24.0. The van der Waals surface area contributed by atoms with Crippen LogP contribution in [0, 0.1) is 39.5 Å². The van der Waals surface area contributed by atoms with Crippen LogP contribution in [0.15, 0.2) is 73.2 Å². The van der Waals surface area contributed by atoms with Crippen molar-refractivity contribution in [2.75, 3.05) is 153 Å². The summed E-state index contributed by atoms with van der Waals surface area (Å²) in [7, 11) is 14.0. The number of hydrogen-bond acceptors (Lipinski definition) is 33. The molecule has 125 heavy (non-hydrogen) atoms. The van der Waals surface area contributed by atoms with Crippen LogP contribution in [0.4, 0.5) is 63.6 Å². The fourth-order valence-electron chi connectivity index (χ4n) is 16.9. The molecule has 16 N–H and O–H groups in total. The van der Waals surface area contributed by atoms with Gasteiger partial charge in [-0.05, 0) is 144 Å². The Kier molecular flexibility index (Phi) is 27.5. The van der Waals surface area contributed by atoms with Gasteiger partial charge in [-0.2, -0.15) is 0 Å². The Morgan fingerprint density at radius 1 is 0.384 bits per heavy atom. The molecule has 0 bridgehead atoms. The maximum absolute atomic E-state index is 13.6. The van der Waals surface area contributed by atoms with Crippen molar-refractivity contribution in [2.45, 2.75) is 127 Å². The van der Waals surface area contributed by atoms with Crippen molar-refractivity contribution in [3.8, 4) is 23.0 Å². The minimum atomic E-state index is -0.738. The first-order valence-electron chi connectivity index (χ1n) is 40.3. The average Bonchev–Trinajstić information content (AvgIpc) is 1.60. The number of rotatable bonds is 14. The molecule has 8 aliphatic heterocycles. The summed E-state index contributed by atoms with van der Waals surface area (Å²) in [5.41, 5.74) is 19.0. The number of nitrogens with zero attached hydrogens (tertiary/aromatic N) is 16. The molecule has 45 heteroatoms. The van der Waals surface area contributed by atoms with Gasteiger partial charge in [0, 0.05) is 116 Å². The molecule has 18 rings (SSSR count). The topological polar surface area (TPSA) is 560 Å². The first kappa shape index (κ1) is 92.4. The van der Waals surface area contributed by atoms with E-state index in [2.05, 4.69) is 130 Å². The number of anilines is 11. The Morgan fingerprint density at radius 3 is 0.888 bits per heavy atom. The molecule has 0 radical (unpaired) electrons. The average molecular weight is 1800 g/mol. The van der Waals surface area contributed by atoms with Gasteiger partial charge in [0.15, 0.2) is 46.5 Å². The normalized spacial score (nSPS) is 18.2. The summed E-state index contributed by atoms with van der Waals surface area (Å²) in [6.07, 6.45) is 14.2. The number of hydrogen-bond donors (Lipinski definition) is 12. The molecule has 8 aromatic heterocycles. The van der Waals surface area contributed by atoms with Gasteiger partial charge in [0.05, 0.1) is 32.9 Å². The Bertz CT molecular complexity index is 5640. The molecular formula is C80H102BrN28NaO15. The number of carbonyl (C=O) groups is 6. The summed E-state index contributed by atoms with van der Waals surface area (Å²) < 4.78 is 28.0. The largest absolute Gasteiger partial charge is 1.00 e. The zero-order chi connectivity index (χ0) is 88.1. The van der Waals surface area contributed by atoms with Crippen molar-refractivity contribution >= 4 is 115 Å². The number of nitrogens with one attached hydrogen (secondary N) is 9. The Labute approximate surface area is 747 Å². The Morgan fingerprint density at radius 2 is 0.616 bits per heavy atom. The minimum Gasteiger partial charge on any atom is -0.870 e. The van der Waals surface area contributed by atoms with Crippen molar-refractivity contribution < 1.29 is 82.7 Å². The van der Waals surface area contributed by atoms with E-state index in [1.165, 1.54) is 53.7 Å². The van der Waals surface area contributed by atoms with Crippen LogP contribution in [-0.2, 0) is 32.2 Å². The standard InChI is InChI=1S/C22H27N7O4.2C18H23N7O3.C13H16BrN3O2.C9H12N4O2.Na.H2O/c1-12-10-14(21(32)29-15(12)20(31)27-22(29)6-8-28(2)9-7-22)25-17-16(33-3)18(24-11-23-17)26-19(30)13-4-5-13;2*1-10-8-11(22-15-13(28-3)14(19)20-9-21-15)17(27)25-12(10)16(26)23-18(25)4-6-24(2)7-5-18;1-8-7-9(14)12(19)17-10(8)11(18)15-13(17)3-5-16(2)6-4-13;1-15-6-7(10)11-4-12-8(6)13-9(14)5-2-3-5;;/h10-11,13H,4-9H2,1-3H3,(H,27,31)(H2,23,24,25,26,30);2*8-9H,4-7H2,1-3H3,(H,23,26)(H3,19,20,21,22);7H,3-6H2,1-2H3,(H,15,18);4-5H,2-3H2,1H3,(H3,10,11,12,13,14);;1H2/q;;;;;+1;/p-1. The number of nitrogens with two attached hydrogens (primary N) is 3. The molecule has 0 unspecified atom stereocenters. The van der Waals surface area contributed by atoms with Gasteiger partial charge in [-0.15, -0.1) is 0 Å². The number of methoxy groups -OCH3 is 4. The predicted molar refractivity (Wildman–Crippen MR) is 460 cm³/mol. The second kappa shape index (κ2) is 37.2. The van der Waals surface area contributed by atoms with E-state index in [4.69, 9.17) is 36.1 Å². The van der Waals surface area contributed by atoms with E-state index in [0.29, 0.717) is 117 Å². The monoisotopic (exact) mass is 1800 g/mol. The van der Waals surface area contributed by atoms with Crippen LogP contribution in [0.1, 0.15) is 141 Å². The summed E-state index contributed by atoms with van der Waals surface area (Å²) >= 11 is 3.30. The van der Waals surface area contributed by atoms with Gasteiger partial charge in [-0.1, -0.05) is 0 Å². The quantitative estimate of drug-likeness (QED) is 0.0650. The molecule has 8 aromatic rings. The van der Waals surface area contributed by atoms with Crippen LogP contribution < -0.4 is 136 Å². The summed E-state index contributed by atoms with van der Waals surface area (Å²) in [4.78, 5) is 168. The van der Waals surface area contributed by atoms with E-state index in [1.807, 2.05) is 48.8 Å². The number of piperidine rings is 4. The molecule has 4 saturated heterocycles. The first-order chi connectivity index (χ1) is 58.7. The number of nitrogen functional groups attached to an aromatic ring is 3. The van der Waals surface area contributed by atoms with Crippen LogP contribution in [-0.4, -0.2) is 228 Å². The molecule has 6 fully saturated rings. The molecule has 16 heterocycles. The maximum Gasteiger partial charge on any atom is 1.00 e. The molecule has 0 atom stereocenters. The van der Waals surface area contributed by atoms with Gasteiger partial charge >= 0.3 is 29.6 Å². The number of fused-ring (bicyclic) bond motifs is 8. The fourth-order valence-corrected chi connectivity index (χ4v) is 17.4. The fraction of sp³-hybridized carbons (Fsp3) is 0.475. The van der Waals surface area contributed by atoms with E-state index in [0.717, 1.165) is 96.4 Å². The summed E-state index contributed by atoms with van der Waals surface area (Å²) in [5.74, 6) is 2.22. The third-order valence-corrected chi connectivity index (χ3v) is 24.6. The number of amides is 6. The Hall–Kier alpha value is -11.8. The van der Waals surface area contributed by atoms with E-state index in [9.17, 15) is 47.9 Å². The van der Waals surface area contributed by atoms with Crippen molar-refractivity contribution in [3.05, 3.63) is 140 Å². The van der Waals surface area contributed by atoms with Crippen molar-refractivity contribution in [2.24, 2.45) is 11.8 Å². The van der Waals surface area contributed by atoms with Crippen LogP contribution in [0.5, 0.6) is 23.0 Å². The molecular weight excluding hydrogens is 1700 g/mol. The summed E-state index contributed by atoms with van der Waals surface area (Å²) in [5, 5.41) is 26.7. The van der Waals surface area contributed by atoms with Crippen LogP contribution in [0.2, 0.25) is 0 Å². The van der Waals surface area contributed by atoms with Gasteiger partial charge in [0.25, 0.3) is 45.9 Å². The van der Waals surface area contributed by atoms with E-state index in [-0.39, 0.29) is 157 Å². The molecule has 6 amide bonds. The molecule has 4 spiro atoms. The molecule has 660 valence electrons. The Balaban J connectivity index is 0.000000145. The molecule has 43 nitrogen and oxygen atoms in total. The number of pyridine rings is 4. The van der Waals surface area contributed by atoms with Gasteiger partial charge in [0.1, 0.15) is 87.8 Å². The van der Waals surface area contributed by atoms with Gasteiger partial charge in [-0.3, -0.25) is 66.2 Å². The first-order valence-corrected chi connectivity index (χ1v) is 41.0. The van der Waals surface area contributed by atoms with E-state index >= 15 is 0 Å². The number of aromatic nitrogens is 12. The summed E-state index contributed by atoms with van der Waals surface area (Å²) in [6, 6.07) is 6.67. The number of aryl methyl sites for hydroxylation is 4. The van der Waals surface area contributed by atoms with E-state index in [1.54, 1.807) is 42.5 Å². The molecule has 0 aromatic carbocycles. The van der Waals surface area contributed by atoms with Gasteiger partial charge in [0.2, 0.25) is 34.8 Å². The van der Waals surface area contributed by atoms with Crippen LogP contribution in [0.25, 0.3) is 0 Å². The number of halogens is 1. The zero-order valence-corrected chi connectivity index (χ0v) is 75.4. The molecule has 10 aliphatic rings. The zero-order valence-electron chi connectivity index (χ0n) is 71.8. The summed E-state index contributed by atoms with van der Waals surface area (Å²) in [6.45, 7) is 13.8. The number of likely N-dealkylation sites (tertiary alicyclic amines) is 4. The molecule has 2 aliphatic carbocycles. The second-order valence-corrected chi connectivity index (χ2v) is 33.3. The van der Waals surface area contributed by atoms with Crippen molar-refractivity contribution in [3.63, 3.8) is 0 Å². The molecule has 2 saturated carbocycles. The predicted octanol–water partition coefficient (Wildman–Crippen LogP) is 0.259. The van der Waals surface area contributed by atoms with Crippen molar-refractivity contribution in [1.29, 1.82) is 0 Å². The SMILES string of the molecule is COc1c(N)ncnc1NC(=O)C1CC1.COc1c(N)ncnc1Nc1cc(C)c2n(c1=O)C1(CCN(C)CC1)NC2=O.COc1c(N)ncnc1Nc1cc(C)c2n(c1=O)C1(CCN(C)CC1)NC2=O.COc1c(NC(=O)C2CC2)ncnc1Nc1cc(C)c2n(c1=O)C1(CCN(C)CC1)NC2=O.Cc1cc(Br)c(=O)n2c1C(=O)NC21CCN(C)CC1.[Na+].[OH-]. The number of carbonyl (C=O) groups excluding carboxylic acids is 6. The van der Waals surface area contributed by atoms with Crippen LogP contribution >= 0.6 is 15.9 Å². The minimum absolute atomic E-state index is 0. The van der Waals surface area contributed by atoms with Gasteiger partial charge < -0.3 is 109 Å². The second-order valence-electron chi connectivity index (χ2n) is 32.4. The van der Waals surface area contributed by atoms with Gasteiger partial charge in [-0.25, -0.2) is 39.9 Å². The smallest absolute Gasteiger partial charge is 0.870 e. The third kappa shape index (κ3) is 18.1. The van der Waals surface area contributed by atoms with Crippen LogP contribution in [0.3, 0.4) is 0 Å². The van der Waals surface area contributed by atoms with E-state index < -0.39 is 22.7 Å². The maximum atomic E-state index is 13.6.